The highest BCUT2D eigenvalue weighted by Gasteiger charge is 2.04. The van der Waals surface area contributed by atoms with Crippen molar-refractivity contribution < 1.29 is 4.39 Å². The molecule has 0 amide bonds. The summed E-state index contributed by atoms with van der Waals surface area (Å²) in [7, 11) is 0. The van der Waals surface area contributed by atoms with Gasteiger partial charge in [0.2, 0.25) is 0 Å². The predicted molar refractivity (Wildman–Crippen MR) is 72.8 cm³/mol. The van der Waals surface area contributed by atoms with Crippen LogP contribution in [0.15, 0.2) is 54.6 Å². The molecule has 2 aromatic rings. The van der Waals surface area contributed by atoms with E-state index in [0.717, 1.165) is 24.8 Å². The topological polar surface area (TPSA) is 26.0 Å². The summed E-state index contributed by atoms with van der Waals surface area (Å²) in [5.74, 6) is -0.198. The summed E-state index contributed by atoms with van der Waals surface area (Å²) in [6.07, 6.45) is 2.73. The van der Waals surface area contributed by atoms with Crippen LogP contribution in [0.1, 0.15) is 17.5 Å². The summed E-state index contributed by atoms with van der Waals surface area (Å²) < 4.78 is 12.8. The average molecular weight is 243 g/mol. The van der Waals surface area contributed by atoms with Crippen molar-refractivity contribution >= 4 is 0 Å². The number of hydrogen-bond acceptors (Lipinski definition) is 1. The van der Waals surface area contributed by atoms with Crippen molar-refractivity contribution in [2.24, 2.45) is 5.73 Å². The summed E-state index contributed by atoms with van der Waals surface area (Å²) in [5.41, 5.74) is 8.50. The Morgan fingerprint density at radius 3 is 2.22 bits per heavy atom. The van der Waals surface area contributed by atoms with Crippen molar-refractivity contribution in [3.8, 4) is 0 Å². The SMILES string of the molecule is NC(CCc1ccccc1)Cc1ccc(F)cc1. The molecule has 1 nitrogen and oxygen atoms in total. The summed E-state index contributed by atoms with van der Waals surface area (Å²) >= 11 is 0. The van der Waals surface area contributed by atoms with Gasteiger partial charge < -0.3 is 5.73 Å². The van der Waals surface area contributed by atoms with Crippen molar-refractivity contribution in [2.45, 2.75) is 25.3 Å². The number of nitrogens with two attached hydrogens (primary N) is 1. The van der Waals surface area contributed by atoms with E-state index < -0.39 is 0 Å². The average Bonchev–Trinajstić information content (AvgIpc) is 2.40. The summed E-state index contributed by atoms with van der Waals surface area (Å²) in [6, 6.07) is 17.0. The molecule has 0 saturated heterocycles. The van der Waals surface area contributed by atoms with Gasteiger partial charge in [0.25, 0.3) is 0 Å². The molecule has 0 spiro atoms. The molecule has 0 aliphatic carbocycles. The van der Waals surface area contributed by atoms with Crippen LogP contribution in [-0.2, 0) is 12.8 Å². The molecule has 1 atom stereocenters. The molecule has 1 unspecified atom stereocenters. The number of benzene rings is 2. The summed E-state index contributed by atoms with van der Waals surface area (Å²) in [6.45, 7) is 0. The van der Waals surface area contributed by atoms with Gasteiger partial charge >= 0.3 is 0 Å². The maximum Gasteiger partial charge on any atom is 0.123 e. The highest BCUT2D eigenvalue weighted by molar-refractivity contribution is 5.18. The number of rotatable bonds is 5. The second-order valence-corrected chi connectivity index (χ2v) is 4.61. The van der Waals surface area contributed by atoms with Crippen molar-refractivity contribution in [1.29, 1.82) is 0 Å². The maximum absolute atomic E-state index is 12.8. The van der Waals surface area contributed by atoms with Crippen LogP contribution in [0.2, 0.25) is 0 Å². The van der Waals surface area contributed by atoms with Crippen LogP contribution in [0.4, 0.5) is 4.39 Å². The van der Waals surface area contributed by atoms with Crippen molar-refractivity contribution in [3.05, 3.63) is 71.5 Å². The molecule has 2 aromatic carbocycles. The first-order valence-corrected chi connectivity index (χ1v) is 6.28. The zero-order chi connectivity index (χ0) is 12.8. The molecule has 94 valence electrons. The fraction of sp³-hybridized carbons (Fsp3) is 0.250. The highest BCUT2D eigenvalue weighted by Crippen LogP contribution is 2.09. The molecule has 2 rings (SSSR count). The van der Waals surface area contributed by atoms with E-state index >= 15 is 0 Å². The number of aryl methyl sites for hydroxylation is 1. The zero-order valence-corrected chi connectivity index (χ0v) is 10.4. The number of halogens is 1. The summed E-state index contributed by atoms with van der Waals surface area (Å²) in [5, 5.41) is 0. The Labute approximate surface area is 107 Å². The first-order chi connectivity index (χ1) is 8.74. The molecule has 0 aliphatic heterocycles. The Balaban J connectivity index is 1.82. The van der Waals surface area contributed by atoms with Gasteiger partial charge in [-0.15, -0.1) is 0 Å². The molecule has 0 aromatic heterocycles. The van der Waals surface area contributed by atoms with Crippen LogP contribution in [0.3, 0.4) is 0 Å². The van der Waals surface area contributed by atoms with E-state index in [0.29, 0.717) is 0 Å². The normalized spacial score (nSPS) is 12.3. The van der Waals surface area contributed by atoms with Crippen LogP contribution < -0.4 is 5.73 Å². The van der Waals surface area contributed by atoms with Gasteiger partial charge in [-0.05, 0) is 42.5 Å². The van der Waals surface area contributed by atoms with E-state index in [1.165, 1.54) is 17.7 Å². The lowest BCUT2D eigenvalue weighted by Gasteiger charge is -2.11. The standard InChI is InChI=1S/C16H18FN/c17-15-9-6-14(7-10-15)12-16(18)11-8-13-4-2-1-3-5-13/h1-7,9-10,16H,8,11-12,18H2. The van der Waals surface area contributed by atoms with E-state index in [1.54, 1.807) is 12.1 Å². The van der Waals surface area contributed by atoms with E-state index in [9.17, 15) is 4.39 Å². The van der Waals surface area contributed by atoms with Crippen molar-refractivity contribution in [2.75, 3.05) is 0 Å². The van der Waals surface area contributed by atoms with E-state index in [4.69, 9.17) is 5.73 Å². The minimum atomic E-state index is -0.198. The fourth-order valence-electron chi connectivity index (χ4n) is 2.02. The van der Waals surface area contributed by atoms with Crippen molar-refractivity contribution in [3.63, 3.8) is 0 Å². The van der Waals surface area contributed by atoms with Gasteiger partial charge in [0, 0.05) is 6.04 Å². The Kier molecular flexibility index (Phi) is 4.48. The van der Waals surface area contributed by atoms with Gasteiger partial charge in [-0.2, -0.15) is 0 Å². The van der Waals surface area contributed by atoms with Gasteiger partial charge in [0.05, 0.1) is 0 Å². The second kappa shape index (κ2) is 6.31. The van der Waals surface area contributed by atoms with E-state index in [-0.39, 0.29) is 11.9 Å². The lowest BCUT2D eigenvalue weighted by molar-refractivity contribution is 0.605. The molecule has 2 heteroatoms. The monoisotopic (exact) mass is 243 g/mol. The Morgan fingerprint density at radius 1 is 0.889 bits per heavy atom. The first-order valence-electron chi connectivity index (χ1n) is 6.28. The van der Waals surface area contributed by atoms with Gasteiger partial charge in [-0.1, -0.05) is 42.5 Å². The van der Waals surface area contributed by atoms with Gasteiger partial charge in [-0.25, -0.2) is 4.39 Å². The molecule has 0 saturated carbocycles. The molecule has 0 bridgehead atoms. The Bertz CT molecular complexity index is 464. The maximum atomic E-state index is 12.8. The van der Waals surface area contributed by atoms with E-state index in [2.05, 4.69) is 12.1 Å². The molecule has 0 fully saturated rings. The van der Waals surface area contributed by atoms with Crippen molar-refractivity contribution in [1.82, 2.24) is 0 Å². The number of hydrogen-bond donors (Lipinski definition) is 1. The van der Waals surface area contributed by atoms with Crippen LogP contribution in [0.25, 0.3) is 0 Å². The minimum absolute atomic E-state index is 0.121. The van der Waals surface area contributed by atoms with Crippen LogP contribution in [0.5, 0.6) is 0 Å². The van der Waals surface area contributed by atoms with Crippen LogP contribution >= 0.6 is 0 Å². The third-order valence-electron chi connectivity index (χ3n) is 3.06. The largest absolute Gasteiger partial charge is 0.327 e. The highest BCUT2D eigenvalue weighted by atomic mass is 19.1. The zero-order valence-electron chi connectivity index (χ0n) is 10.4. The predicted octanol–water partition coefficient (Wildman–Crippen LogP) is 3.33. The lowest BCUT2D eigenvalue weighted by atomic mass is 10.00. The molecule has 0 aliphatic rings. The third kappa shape index (κ3) is 3.97. The lowest BCUT2D eigenvalue weighted by Crippen LogP contribution is -2.23. The smallest absolute Gasteiger partial charge is 0.123 e. The quantitative estimate of drug-likeness (QED) is 0.856. The molecular weight excluding hydrogens is 225 g/mol. The fourth-order valence-corrected chi connectivity index (χ4v) is 2.02. The third-order valence-corrected chi connectivity index (χ3v) is 3.06. The van der Waals surface area contributed by atoms with Gasteiger partial charge in [0.1, 0.15) is 5.82 Å². The molecular formula is C16H18FN. The second-order valence-electron chi connectivity index (χ2n) is 4.61. The van der Waals surface area contributed by atoms with Gasteiger partial charge in [-0.3, -0.25) is 0 Å². The summed E-state index contributed by atoms with van der Waals surface area (Å²) in [4.78, 5) is 0. The molecule has 0 heterocycles. The van der Waals surface area contributed by atoms with Crippen LogP contribution in [0, 0.1) is 5.82 Å². The molecule has 18 heavy (non-hydrogen) atoms. The Hall–Kier alpha value is -1.67. The Morgan fingerprint density at radius 2 is 1.56 bits per heavy atom. The van der Waals surface area contributed by atoms with Gasteiger partial charge in [0.15, 0.2) is 0 Å². The minimum Gasteiger partial charge on any atom is -0.327 e. The molecule has 0 radical (unpaired) electrons. The van der Waals surface area contributed by atoms with Crippen LogP contribution in [-0.4, -0.2) is 6.04 Å². The van der Waals surface area contributed by atoms with E-state index in [1.807, 2.05) is 18.2 Å². The molecule has 2 N–H and O–H groups in total. The first kappa shape index (κ1) is 12.8.